The minimum Gasteiger partial charge on any atom is -0.404 e. The summed E-state index contributed by atoms with van der Waals surface area (Å²) in [5.41, 5.74) is 0.548. The Morgan fingerprint density at radius 1 is 0.950 bits per heavy atom. The maximum atomic E-state index is 13.6. The molecule has 2 atom stereocenters. The molecule has 228 valence electrons. The Morgan fingerprint density at radius 3 is 1.95 bits per heavy atom. The van der Waals surface area contributed by atoms with Crippen LogP contribution < -0.4 is 15.2 Å². The van der Waals surface area contributed by atoms with Crippen LogP contribution in [0.15, 0.2) is 24.3 Å². The number of hydrogen-bond donors (Lipinski definition) is 4. The molecule has 40 heavy (non-hydrogen) atoms. The van der Waals surface area contributed by atoms with Crippen LogP contribution in [-0.2, 0) is 35.2 Å². The van der Waals surface area contributed by atoms with E-state index in [0.29, 0.717) is 18.7 Å². The van der Waals surface area contributed by atoms with Gasteiger partial charge in [0.2, 0.25) is 17.7 Å². The number of nitrogens with zero attached hydrogens (tertiary/aromatic N) is 1. The highest BCUT2D eigenvalue weighted by atomic mass is 32.2. The van der Waals surface area contributed by atoms with Crippen LogP contribution in [0.2, 0.25) is 0 Å². The van der Waals surface area contributed by atoms with Gasteiger partial charge in [0.15, 0.2) is 0 Å². The Balaban J connectivity index is 3.16. The minimum absolute atomic E-state index is 0.00526. The number of phosphoric ester groups is 1. The number of amides is 3. The van der Waals surface area contributed by atoms with Gasteiger partial charge in [0.05, 0.1) is 5.75 Å². The van der Waals surface area contributed by atoms with Crippen LogP contribution in [0.4, 0.5) is 0 Å². The summed E-state index contributed by atoms with van der Waals surface area (Å²) < 4.78 is 39.4. The Bertz CT molecular complexity index is 1100. The molecule has 0 bridgehead atoms. The fourth-order valence-corrected chi connectivity index (χ4v) is 5.09. The normalized spacial score (nSPS) is 13.2. The second-order valence-electron chi connectivity index (χ2n) is 9.90. The lowest BCUT2D eigenvalue weighted by atomic mass is 10.0. The molecule has 0 aromatic heterocycles. The molecule has 3 amide bonds. The van der Waals surface area contributed by atoms with Gasteiger partial charge in [0.1, 0.15) is 27.7 Å². The predicted octanol–water partition coefficient (Wildman–Crippen LogP) is 2.33. The van der Waals surface area contributed by atoms with E-state index in [9.17, 15) is 27.4 Å². The van der Waals surface area contributed by atoms with Crippen molar-refractivity contribution in [1.29, 1.82) is 0 Å². The van der Waals surface area contributed by atoms with Gasteiger partial charge in [-0.25, -0.2) is 13.0 Å². The maximum Gasteiger partial charge on any atom is 0.524 e. The molecule has 0 unspecified atom stereocenters. The molecule has 0 aliphatic carbocycles. The average Bonchev–Trinajstić information content (AvgIpc) is 2.84. The Morgan fingerprint density at radius 2 is 1.50 bits per heavy atom. The number of nitrogens with one attached hydrogen (secondary N) is 2. The second kappa shape index (κ2) is 17.4. The third-order valence-electron chi connectivity index (χ3n) is 6.05. The summed E-state index contributed by atoms with van der Waals surface area (Å²) in [6.45, 7) is 6.35. The van der Waals surface area contributed by atoms with E-state index in [1.54, 1.807) is 4.90 Å². The smallest absolute Gasteiger partial charge is 0.404 e. The summed E-state index contributed by atoms with van der Waals surface area (Å²) in [5.74, 6) is -1.87. The molecular formula is C26H44N3O9PS. The van der Waals surface area contributed by atoms with Crippen LogP contribution in [-0.4, -0.2) is 78.0 Å². The number of benzene rings is 1. The van der Waals surface area contributed by atoms with Crippen molar-refractivity contribution in [1.82, 2.24) is 15.5 Å². The average molecular weight is 606 g/mol. The van der Waals surface area contributed by atoms with Gasteiger partial charge in [-0.15, -0.1) is 0 Å². The molecule has 0 saturated heterocycles. The fraction of sp³-hybridized carbons (Fsp3) is 0.654. The van der Waals surface area contributed by atoms with Gasteiger partial charge in [0.25, 0.3) is 0 Å². The standard InChI is InChI=1S/C26H44N3O9PS/c1-5-7-9-16-29(17-10-8-6-2)26(32)23(15-18-40(4,36)37)28-25(31)24(27-20(3)30)19-21-11-13-22(14-12-21)38-39(33,34)35/h11-14,23-24H,5-10,15-19H2,1-4H3,(H,27,30)(H,28,31)(H2,33,34,35)/t23-,24-/m0/s1. The summed E-state index contributed by atoms with van der Waals surface area (Å²) in [6.07, 6.45) is 6.34. The number of sulfone groups is 1. The van der Waals surface area contributed by atoms with Crippen LogP contribution in [0.3, 0.4) is 0 Å². The third-order valence-corrected chi connectivity index (χ3v) is 7.47. The van der Waals surface area contributed by atoms with Crippen molar-refractivity contribution in [3.63, 3.8) is 0 Å². The molecule has 4 N–H and O–H groups in total. The SMILES string of the molecule is CCCCCN(CCCCC)C(=O)[C@H](CCS(C)(=O)=O)NC(=O)[C@H](Cc1ccc(OP(=O)(O)O)cc1)NC(C)=O. The van der Waals surface area contributed by atoms with Gasteiger partial charge in [-0.3, -0.25) is 24.2 Å². The number of hydrogen-bond acceptors (Lipinski definition) is 7. The molecule has 0 fully saturated rings. The van der Waals surface area contributed by atoms with Crippen molar-refractivity contribution in [2.75, 3.05) is 25.1 Å². The van der Waals surface area contributed by atoms with Gasteiger partial charge < -0.3 is 20.1 Å². The molecule has 0 heterocycles. The first-order valence-electron chi connectivity index (χ1n) is 13.5. The zero-order valence-corrected chi connectivity index (χ0v) is 25.5. The van der Waals surface area contributed by atoms with E-state index >= 15 is 0 Å². The van der Waals surface area contributed by atoms with Crippen molar-refractivity contribution in [2.45, 2.75) is 84.2 Å². The van der Waals surface area contributed by atoms with Crippen LogP contribution >= 0.6 is 7.82 Å². The molecule has 14 heteroatoms. The summed E-state index contributed by atoms with van der Waals surface area (Å²) in [7, 11) is -8.16. The highest BCUT2D eigenvalue weighted by molar-refractivity contribution is 7.90. The summed E-state index contributed by atoms with van der Waals surface area (Å²) in [5, 5.41) is 5.24. The van der Waals surface area contributed by atoms with Crippen LogP contribution in [0.25, 0.3) is 0 Å². The number of carbonyl (C=O) groups is 3. The first-order chi connectivity index (χ1) is 18.6. The van der Waals surface area contributed by atoms with E-state index in [2.05, 4.69) is 29.0 Å². The maximum absolute atomic E-state index is 13.6. The molecule has 1 aromatic carbocycles. The lowest BCUT2D eigenvalue weighted by molar-refractivity contribution is -0.137. The van der Waals surface area contributed by atoms with E-state index in [1.165, 1.54) is 31.2 Å². The van der Waals surface area contributed by atoms with Crippen molar-refractivity contribution in [3.05, 3.63) is 29.8 Å². The summed E-state index contributed by atoms with van der Waals surface area (Å²) in [6, 6.07) is 3.43. The van der Waals surface area contributed by atoms with E-state index in [-0.39, 0.29) is 30.3 Å². The van der Waals surface area contributed by atoms with E-state index in [4.69, 9.17) is 9.79 Å². The monoisotopic (exact) mass is 605 g/mol. The molecule has 0 radical (unpaired) electrons. The van der Waals surface area contributed by atoms with Crippen LogP contribution in [0.1, 0.15) is 71.3 Å². The van der Waals surface area contributed by atoms with Crippen LogP contribution in [0.5, 0.6) is 5.75 Å². The topological polar surface area (TPSA) is 179 Å². The number of carbonyl (C=O) groups excluding carboxylic acids is 3. The first kappa shape index (κ1) is 35.6. The highest BCUT2D eigenvalue weighted by Gasteiger charge is 2.30. The van der Waals surface area contributed by atoms with Gasteiger partial charge in [-0.05, 0) is 37.0 Å². The van der Waals surface area contributed by atoms with E-state index in [1.807, 2.05) is 0 Å². The Hall–Kier alpha value is -2.47. The van der Waals surface area contributed by atoms with Gasteiger partial charge >= 0.3 is 7.82 Å². The Labute approximate surface area is 237 Å². The summed E-state index contributed by atoms with van der Waals surface area (Å²) >= 11 is 0. The van der Waals surface area contributed by atoms with Gasteiger partial charge in [-0.2, -0.15) is 0 Å². The lowest BCUT2D eigenvalue weighted by Gasteiger charge is -2.29. The molecule has 12 nitrogen and oxygen atoms in total. The number of phosphoric acid groups is 1. The first-order valence-corrected chi connectivity index (χ1v) is 17.1. The molecule has 1 aromatic rings. The Kier molecular flexibility index (Phi) is 15.4. The largest absolute Gasteiger partial charge is 0.524 e. The van der Waals surface area contributed by atoms with Gasteiger partial charge in [0, 0.05) is 32.7 Å². The number of unbranched alkanes of at least 4 members (excludes halogenated alkanes) is 4. The van der Waals surface area contributed by atoms with Crippen molar-refractivity contribution in [2.24, 2.45) is 0 Å². The zero-order valence-electron chi connectivity index (χ0n) is 23.8. The minimum atomic E-state index is -4.74. The molecule has 0 aliphatic rings. The molecule has 0 spiro atoms. The van der Waals surface area contributed by atoms with E-state index < -0.39 is 41.6 Å². The van der Waals surface area contributed by atoms with Crippen molar-refractivity contribution in [3.8, 4) is 5.75 Å². The predicted molar refractivity (Wildman–Crippen MR) is 152 cm³/mol. The zero-order chi connectivity index (χ0) is 30.3. The fourth-order valence-electron chi connectivity index (χ4n) is 4.03. The van der Waals surface area contributed by atoms with Crippen molar-refractivity contribution < 1.29 is 41.7 Å². The number of rotatable bonds is 19. The van der Waals surface area contributed by atoms with E-state index in [0.717, 1.165) is 44.8 Å². The lowest BCUT2D eigenvalue weighted by Crippen LogP contribution is -2.55. The highest BCUT2D eigenvalue weighted by Crippen LogP contribution is 2.37. The third kappa shape index (κ3) is 15.4. The molecule has 1 rings (SSSR count). The molecular weight excluding hydrogens is 561 g/mol. The quantitative estimate of drug-likeness (QED) is 0.136. The second-order valence-corrected chi connectivity index (χ2v) is 13.3. The molecule has 0 aliphatic heterocycles. The van der Waals surface area contributed by atoms with Crippen molar-refractivity contribution >= 4 is 35.4 Å². The summed E-state index contributed by atoms with van der Waals surface area (Å²) in [4.78, 5) is 58.4. The van der Waals surface area contributed by atoms with Crippen LogP contribution in [0, 0.1) is 0 Å². The van der Waals surface area contributed by atoms with Gasteiger partial charge in [-0.1, -0.05) is 51.7 Å². The molecule has 0 saturated carbocycles.